The van der Waals surface area contributed by atoms with Gasteiger partial charge in [0, 0.05) is 45.2 Å². The molecule has 2 heterocycles. The number of hydrogen-bond acceptors (Lipinski definition) is 3. The van der Waals surface area contributed by atoms with Crippen LogP contribution in [0.5, 0.6) is 0 Å². The summed E-state index contributed by atoms with van der Waals surface area (Å²) in [5.74, 6) is -0.656. The van der Waals surface area contributed by atoms with Crippen LogP contribution in [0, 0.1) is 5.92 Å². The number of nitrogens with zero attached hydrogens (tertiary/aromatic N) is 2. The van der Waals surface area contributed by atoms with Gasteiger partial charge in [-0.3, -0.25) is 9.59 Å². The fourth-order valence-corrected chi connectivity index (χ4v) is 3.56. The van der Waals surface area contributed by atoms with Crippen molar-refractivity contribution in [3.8, 4) is 0 Å². The van der Waals surface area contributed by atoms with Crippen LogP contribution in [0.2, 0.25) is 0 Å². The summed E-state index contributed by atoms with van der Waals surface area (Å²) in [5.41, 5.74) is -0.319. The van der Waals surface area contributed by atoms with E-state index in [2.05, 4.69) is 5.32 Å². The summed E-state index contributed by atoms with van der Waals surface area (Å²) in [4.78, 5) is 28.2. The molecule has 1 aromatic rings. The Morgan fingerprint density at radius 2 is 2.07 bits per heavy atom. The van der Waals surface area contributed by atoms with Gasteiger partial charge in [0.25, 0.3) is 0 Å². The molecule has 1 aromatic carbocycles. The molecule has 2 aliphatic rings. The first kappa shape index (κ1) is 21.5. The van der Waals surface area contributed by atoms with Crippen molar-refractivity contribution in [3.05, 3.63) is 35.4 Å². The SMILES string of the molecule is C[C@@H]1CNCCN1C(=O)C1CC(=O)N(Cc2cccc(C(F)(F)F)c2)C1.Cl. The Bertz CT molecular complexity index is 699. The Labute approximate surface area is 162 Å². The molecule has 2 fully saturated rings. The van der Waals surface area contributed by atoms with E-state index in [1.807, 2.05) is 6.92 Å². The van der Waals surface area contributed by atoms with Gasteiger partial charge in [0.05, 0.1) is 11.5 Å². The van der Waals surface area contributed by atoms with Gasteiger partial charge in [-0.05, 0) is 24.6 Å². The first-order valence-electron chi connectivity index (χ1n) is 8.71. The van der Waals surface area contributed by atoms with Crippen LogP contribution >= 0.6 is 12.4 Å². The van der Waals surface area contributed by atoms with Crippen LogP contribution in [0.25, 0.3) is 0 Å². The quantitative estimate of drug-likeness (QED) is 0.839. The predicted molar refractivity (Wildman–Crippen MR) is 96.3 cm³/mol. The maximum Gasteiger partial charge on any atom is 0.416 e. The van der Waals surface area contributed by atoms with Crippen molar-refractivity contribution in [2.45, 2.75) is 32.1 Å². The molecule has 5 nitrogen and oxygen atoms in total. The highest BCUT2D eigenvalue weighted by Crippen LogP contribution is 2.30. The maximum absolute atomic E-state index is 12.8. The number of likely N-dealkylation sites (tertiary alicyclic amines) is 1. The highest BCUT2D eigenvalue weighted by atomic mass is 35.5. The van der Waals surface area contributed by atoms with Crippen molar-refractivity contribution in [1.82, 2.24) is 15.1 Å². The Hall–Kier alpha value is -1.80. The molecule has 1 N–H and O–H groups in total. The molecule has 2 saturated heterocycles. The topological polar surface area (TPSA) is 52.7 Å². The molecule has 2 atom stereocenters. The number of hydrogen-bond donors (Lipinski definition) is 1. The molecule has 0 spiro atoms. The second kappa shape index (κ2) is 8.48. The second-order valence-electron chi connectivity index (χ2n) is 6.96. The van der Waals surface area contributed by atoms with E-state index in [-0.39, 0.29) is 49.8 Å². The minimum absolute atomic E-state index is 0. The van der Waals surface area contributed by atoms with Gasteiger partial charge in [0.2, 0.25) is 11.8 Å². The molecule has 3 rings (SSSR count). The Morgan fingerprint density at radius 3 is 2.74 bits per heavy atom. The number of carbonyl (C=O) groups is 2. The summed E-state index contributed by atoms with van der Waals surface area (Å²) >= 11 is 0. The van der Waals surface area contributed by atoms with Gasteiger partial charge in [-0.1, -0.05) is 12.1 Å². The molecule has 2 amide bonds. The average Bonchev–Trinajstić information content (AvgIpc) is 2.95. The van der Waals surface area contributed by atoms with E-state index in [1.54, 1.807) is 11.0 Å². The lowest BCUT2D eigenvalue weighted by Gasteiger charge is -2.35. The maximum atomic E-state index is 12.8. The van der Waals surface area contributed by atoms with E-state index in [0.29, 0.717) is 12.1 Å². The Kier molecular flexibility index (Phi) is 6.75. The van der Waals surface area contributed by atoms with Crippen molar-refractivity contribution >= 4 is 24.2 Å². The van der Waals surface area contributed by atoms with E-state index >= 15 is 0 Å². The summed E-state index contributed by atoms with van der Waals surface area (Å²) in [6, 6.07) is 5.04. The minimum Gasteiger partial charge on any atom is -0.338 e. The van der Waals surface area contributed by atoms with Crippen molar-refractivity contribution in [3.63, 3.8) is 0 Å². The van der Waals surface area contributed by atoms with Gasteiger partial charge in [-0.2, -0.15) is 13.2 Å². The van der Waals surface area contributed by atoms with Crippen molar-refractivity contribution in [1.29, 1.82) is 0 Å². The fourth-order valence-electron chi connectivity index (χ4n) is 3.56. The van der Waals surface area contributed by atoms with Crippen LogP contribution in [0.3, 0.4) is 0 Å². The Balaban J connectivity index is 0.00000261. The van der Waals surface area contributed by atoms with Gasteiger partial charge in [-0.25, -0.2) is 0 Å². The van der Waals surface area contributed by atoms with E-state index in [4.69, 9.17) is 0 Å². The zero-order valence-corrected chi connectivity index (χ0v) is 15.8. The number of carbonyl (C=O) groups excluding carboxylic acids is 2. The number of alkyl halides is 3. The molecule has 0 bridgehead atoms. The number of piperazine rings is 1. The fraction of sp³-hybridized carbons (Fsp3) is 0.556. The normalized spacial score (nSPS) is 23.3. The highest BCUT2D eigenvalue weighted by molar-refractivity contribution is 5.89. The molecule has 0 saturated carbocycles. The lowest BCUT2D eigenvalue weighted by molar-refractivity contribution is -0.138. The average molecular weight is 406 g/mol. The molecular weight excluding hydrogens is 383 g/mol. The second-order valence-corrected chi connectivity index (χ2v) is 6.96. The molecule has 0 aliphatic carbocycles. The summed E-state index contributed by atoms with van der Waals surface area (Å²) < 4.78 is 38.5. The van der Waals surface area contributed by atoms with Gasteiger partial charge in [0.1, 0.15) is 0 Å². The number of halogens is 4. The summed E-state index contributed by atoms with van der Waals surface area (Å²) in [7, 11) is 0. The van der Waals surface area contributed by atoms with Crippen molar-refractivity contribution < 1.29 is 22.8 Å². The van der Waals surface area contributed by atoms with E-state index in [9.17, 15) is 22.8 Å². The zero-order chi connectivity index (χ0) is 18.9. The number of rotatable bonds is 3. The molecule has 150 valence electrons. The molecule has 27 heavy (non-hydrogen) atoms. The van der Waals surface area contributed by atoms with Gasteiger partial charge in [-0.15, -0.1) is 12.4 Å². The van der Waals surface area contributed by atoms with Crippen molar-refractivity contribution in [2.75, 3.05) is 26.2 Å². The van der Waals surface area contributed by atoms with Crippen LogP contribution < -0.4 is 5.32 Å². The third-order valence-electron chi connectivity index (χ3n) is 4.98. The first-order chi connectivity index (χ1) is 12.3. The van der Waals surface area contributed by atoms with E-state index in [0.717, 1.165) is 25.2 Å². The summed E-state index contributed by atoms with van der Waals surface area (Å²) in [6.07, 6.45) is -4.30. The number of nitrogens with one attached hydrogen (secondary N) is 1. The monoisotopic (exact) mass is 405 g/mol. The van der Waals surface area contributed by atoms with Crippen LogP contribution in [0.15, 0.2) is 24.3 Å². The largest absolute Gasteiger partial charge is 0.416 e. The van der Waals surface area contributed by atoms with Gasteiger partial charge < -0.3 is 15.1 Å². The van der Waals surface area contributed by atoms with E-state index in [1.165, 1.54) is 11.0 Å². The van der Waals surface area contributed by atoms with Crippen LogP contribution in [-0.2, 0) is 22.3 Å². The van der Waals surface area contributed by atoms with Crippen LogP contribution in [-0.4, -0.2) is 53.8 Å². The highest BCUT2D eigenvalue weighted by Gasteiger charge is 2.38. The van der Waals surface area contributed by atoms with Crippen LogP contribution in [0.4, 0.5) is 13.2 Å². The molecule has 1 unspecified atom stereocenters. The number of amides is 2. The molecule has 0 radical (unpaired) electrons. The molecule has 9 heteroatoms. The third-order valence-corrected chi connectivity index (χ3v) is 4.98. The molecular formula is C18H23ClF3N3O2. The Morgan fingerprint density at radius 1 is 1.33 bits per heavy atom. The standard InChI is InChI=1S/C18H22F3N3O2.ClH/c1-12-9-22-5-6-24(12)17(26)14-8-16(25)23(11-14)10-13-3-2-4-15(7-13)18(19,20)21;/h2-4,7,12,14,22H,5-6,8-11H2,1H3;1H/t12-,14?;/m1./s1. The first-order valence-corrected chi connectivity index (χ1v) is 8.71. The molecule has 2 aliphatic heterocycles. The predicted octanol–water partition coefficient (Wildman–Crippen LogP) is 2.30. The lowest BCUT2D eigenvalue weighted by Crippen LogP contribution is -2.54. The van der Waals surface area contributed by atoms with E-state index < -0.39 is 17.7 Å². The zero-order valence-electron chi connectivity index (χ0n) is 15.0. The van der Waals surface area contributed by atoms with Crippen LogP contribution in [0.1, 0.15) is 24.5 Å². The summed E-state index contributed by atoms with van der Waals surface area (Å²) in [5, 5.41) is 3.21. The minimum atomic E-state index is -4.41. The molecule has 0 aromatic heterocycles. The third kappa shape index (κ3) is 4.93. The smallest absolute Gasteiger partial charge is 0.338 e. The van der Waals surface area contributed by atoms with Gasteiger partial charge >= 0.3 is 6.18 Å². The number of benzene rings is 1. The summed E-state index contributed by atoms with van der Waals surface area (Å²) in [6.45, 7) is 4.36. The van der Waals surface area contributed by atoms with Crippen molar-refractivity contribution in [2.24, 2.45) is 5.92 Å². The lowest BCUT2D eigenvalue weighted by atomic mass is 10.0. The van der Waals surface area contributed by atoms with Gasteiger partial charge in [0.15, 0.2) is 0 Å².